The zero-order valence-corrected chi connectivity index (χ0v) is 9.36. The molecule has 2 rings (SSSR count). The minimum atomic E-state index is -0.371. The first-order valence-electron chi connectivity index (χ1n) is 5.36. The Morgan fingerprint density at radius 3 is 2.40 bits per heavy atom. The summed E-state index contributed by atoms with van der Waals surface area (Å²) >= 11 is 5.84. The third-order valence-electron chi connectivity index (χ3n) is 3.18. The van der Waals surface area contributed by atoms with E-state index in [4.69, 9.17) is 17.3 Å². The Balaban J connectivity index is 2.34. The number of benzene rings is 1. The quantitative estimate of drug-likeness (QED) is 0.780. The van der Waals surface area contributed by atoms with Crippen molar-refractivity contribution in [2.24, 2.45) is 5.73 Å². The van der Waals surface area contributed by atoms with Gasteiger partial charge in [-0.25, -0.2) is 4.39 Å². The van der Waals surface area contributed by atoms with Gasteiger partial charge in [0.1, 0.15) is 5.82 Å². The molecule has 0 spiro atoms. The summed E-state index contributed by atoms with van der Waals surface area (Å²) in [6, 6.07) is 4.62. The highest BCUT2D eigenvalue weighted by Gasteiger charge is 2.29. The highest BCUT2D eigenvalue weighted by Crippen LogP contribution is 2.35. The first-order valence-corrected chi connectivity index (χ1v) is 5.73. The first-order chi connectivity index (χ1) is 7.10. The van der Waals surface area contributed by atoms with Gasteiger partial charge in [-0.2, -0.15) is 0 Å². The number of halogens is 2. The topological polar surface area (TPSA) is 26.0 Å². The van der Waals surface area contributed by atoms with Crippen molar-refractivity contribution in [1.82, 2.24) is 0 Å². The second-order valence-corrected chi connectivity index (χ2v) is 4.81. The molecule has 1 saturated carbocycles. The summed E-state index contributed by atoms with van der Waals surface area (Å²) in [7, 11) is 0. The molecule has 15 heavy (non-hydrogen) atoms. The van der Waals surface area contributed by atoms with Crippen LogP contribution in [0.4, 0.5) is 4.39 Å². The van der Waals surface area contributed by atoms with Crippen LogP contribution in [0, 0.1) is 5.82 Å². The maximum atomic E-state index is 13.2. The predicted molar refractivity (Wildman–Crippen MR) is 60.4 cm³/mol. The van der Waals surface area contributed by atoms with Gasteiger partial charge in [0.2, 0.25) is 0 Å². The number of nitrogens with two attached hydrogens (primary N) is 1. The molecule has 1 nitrogen and oxygen atoms in total. The monoisotopic (exact) mass is 227 g/mol. The van der Waals surface area contributed by atoms with Crippen molar-refractivity contribution in [3.63, 3.8) is 0 Å². The molecular formula is C12H15ClFN. The van der Waals surface area contributed by atoms with Crippen molar-refractivity contribution in [2.45, 2.75) is 37.6 Å². The lowest BCUT2D eigenvalue weighted by molar-refractivity contribution is 0.301. The van der Waals surface area contributed by atoms with Gasteiger partial charge in [0.05, 0.1) is 0 Å². The molecule has 1 aromatic carbocycles. The Kier molecular flexibility index (Phi) is 2.98. The minimum absolute atomic E-state index is 0.298. The Morgan fingerprint density at radius 1 is 1.13 bits per heavy atom. The number of hydrogen-bond donors (Lipinski definition) is 1. The Hall–Kier alpha value is -0.600. The van der Waals surface area contributed by atoms with Gasteiger partial charge in [0, 0.05) is 10.6 Å². The van der Waals surface area contributed by atoms with E-state index in [1.165, 1.54) is 18.6 Å². The van der Waals surface area contributed by atoms with Gasteiger partial charge in [-0.1, -0.05) is 30.9 Å². The molecule has 0 heterocycles. The molecule has 0 aliphatic heterocycles. The zero-order chi connectivity index (χ0) is 10.9. The van der Waals surface area contributed by atoms with Gasteiger partial charge in [-0.05, 0) is 36.6 Å². The van der Waals surface area contributed by atoms with Crippen molar-refractivity contribution < 1.29 is 4.39 Å². The van der Waals surface area contributed by atoms with Crippen molar-refractivity contribution in [1.29, 1.82) is 0 Å². The number of hydrogen-bond acceptors (Lipinski definition) is 1. The second kappa shape index (κ2) is 4.11. The molecule has 82 valence electrons. The highest BCUT2D eigenvalue weighted by atomic mass is 35.5. The van der Waals surface area contributed by atoms with Crippen molar-refractivity contribution in [2.75, 3.05) is 0 Å². The molecule has 1 aliphatic carbocycles. The molecule has 0 bridgehead atoms. The Bertz CT molecular complexity index is 338. The van der Waals surface area contributed by atoms with E-state index in [2.05, 4.69) is 0 Å². The van der Waals surface area contributed by atoms with E-state index < -0.39 is 0 Å². The van der Waals surface area contributed by atoms with Gasteiger partial charge in [0.15, 0.2) is 0 Å². The first kappa shape index (κ1) is 10.9. The van der Waals surface area contributed by atoms with E-state index in [0.717, 1.165) is 31.2 Å². The lowest BCUT2D eigenvalue weighted by Crippen LogP contribution is -2.38. The van der Waals surface area contributed by atoms with E-state index in [-0.39, 0.29) is 11.4 Å². The average molecular weight is 228 g/mol. The molecule has 0 atom stereocenters. The molecule has 0 amide bonds. The third kappa shape index (κ3) is 2.32. The molecule has 0 aromatic heterocycles. The summed E-state index contributed by atoms with van der Waals surface area (Å²) < 4.78 is 13.2. The smallest absolute Gasteiger partial charge is 0.125 e. The summed E-state index contributed by atoms with van der Waals surface area (Å²) in [5.74, 6) is -0.298. The molecule has 0 saturated heterocycles. The van der Waals surface area contributed by atoms with Crippen LogP contribution in [-0.4, -0.2) is 0 Å². The maximum absolute atomic E-state index is 13.2. The SMILES string of the molecule is NC1(c2cc(F)cc(Cl)c2)CCCCC1. The van der Waals surface area contributed by atoms with Gasteiger partial charge in [0.25, 0.3) is 0 Å². The fourth-order valence-electron chi connectivity index (χ4n) is 2.31. The average Bonchev–Trinajstić information content (AvgIpc) is 2.17. The van der Waals surface area contributed by atoms with Crippen LogP contribution >= 0.6 is 11.6 Å². The van der Waals surface area contributed by atoms with Gasteiger partial charge in [-0.15, -0.1) is 0 Å². The Labute approximate surface area is 94.4 Å². The summed E-state index contributed by atoms with van der Waals surface area (Å²) in [5, 5.41) is 0.431. The van der Waals surface area contributed by atoms with Crippen LogP contribution in [-0.2, 0) is 5.54 Å². The van der Waals surface area contributed by atoms with Crippen LogP contribution in [0.5, 0.6) is 0 Å². The molecule has 1 aliphatic rings. The fraction of sp³-hybridized carbons (Fsp3) is 0.500. The Morgan fingerprint density at radius 2 is 1.80 bits per heavy atom. The highest BCUT2D eigenvalue weighted by molar-refractivity contribution is 6.30. The van der Waals surface area contributed by atoms with E-state index in [0.29, 0.717) is 5.02 Å². The van der Waals surface area contributed by atoms with Crippen LogP contribution in [0.1, 0.15) is 37.7 Å². The summed E-state index contributed by atoms with van der Waals surface area (Å²) in [5.41, 5.74) is 6.76. The normalized spacial score (nSPS) is 20.2. The van der Waals surface area contributed by atoms with Crippen LogP contribution < -0.4 is 5.73 Å². The van der Waals surface area contributed by atoms with Crippen LogP contribution in [0.15, 0.2) is 18.2 Å². The fourth-order valence-corrected chi connectivity index (χ4v) is 2.53. The summed E-state index contributed by atoms with van der Waals surface area (Å²) in [6.07, 6.45) is 5.30. The minimum Gasteiger partial charge on any atom is -0.321 e. The van der Waals surface area contributed by atoms with Gasteiger partial charge < -0.3 is 5.73 Å². The van der Waals surface area contributed by atoms with Crippen LogP contribution in [0.2, 0.25) is 5.02 Å². The molecule has 3 heteroatoms. The maximum Gasteiger partial charge on any atom is 0.125 e. The zero-order valence-electron chi connectivity index (χ0n) is 8.60. The summed E-state index contributed by atoms with van der Waals surface area (Å²) in [4.78, 5) is 0. The molecule has 0 unspecified atom stereocenters. The lowest BCUT2D eigenvalue weighted by Gasteiger charge is -2.34. The van der Waals surface area contributed by atoms with Crippen molar-refractivity contribution in [3.8, 4) is 0 Å². The van der Waals surface area contributed by atoms with Crippen LogP contribution in [0.3, 0.4) is 0 Å². The van der Waals surface area contributed by atoms with E-state index in [9.17, 15) is 4.39 Å². The largest absolute Gasteiger partial charge is 0.321 e. The molecule has 0 radical (unpaired) electrons. The van der Waals surface area contributed by atoms with Gasteiger partial charge >= 0.3 is 0 Å². The lowest BCUT2D eigenvalue weighted by atomic mass is 9.77. The van der Waals surface area contributed by atoms with E-state index in [1.54, 1.807) is 6.07 Å². The van der Waals surface area contributed by atoms with E-state index in [1.807, 2.05) is 0 Å². The second-order valence-electron chi connectivity index (χ2n) is 4.37. The van der Waals surface area contributed by atoms with Crippen LogP contribution in [0.25, 0.3) is 0 Å². The summed E-state index contributed by atoms with van der Waals surface area (Å²) in [6.45, 7) is 0. The molecule has 1 fully saturated rings. The van der Waals surface area contributed by atoms with E-state index >= 15 is 0 Å². The molecule has 1 aromatic rings. The van der Waals surface area contributed by atoms with Gasteiger partial charge in [-0.3, -0.25) is 0 Å². The molecule has 2 N–H and O–H groups in total. The van der Waals surface area contributed by atoms with Crippen molar-refractivity contribution >= 4 is 11.6 Å². The predicted octanol–water partition coefficient (Wildman–Crippen LogP) is 3.60. The standard InChI is InChI=1S/C12H15ClFN/c13-10-6-9(7-11(14)8-10)12(15)4-2-1-3-5-12/h6-8H,1-5,15H2. The molecular weight excluding hydrogens is 213 g/mol. The number of rotatable bonds is 1. The third-order valence-corrected chi connectivity index (χ3v) is 3.40. The van der Waals surface area contributed by atoms with Crippen molar-refractivity contribution in [3.05, 3.63) is 34.6 Å².